The van der Waals surface area contributed by atoms with Crippen molar-refractivity contribution in [3.8, 4) is 0 Å². The van der Waals surface area contributed by atoms with Gasteiger partial charge >= 0.3 is 0 Å². The van der Waals surface area contributed by atoms with Gasteiger partial charge in [-0.05, 0) is 82.9 Å². The van der Waals surface area contributed by atoms with Crippen molar-refractivity contribution in [3.05, 3.63) is 57.1 Å². The number of aromatic nitrogens is 3. The molecule has 1 aliphatic rings. The summed E-state index contributed by atoms with van der Waals surface area (Å²) in [7, 11) is 0. The highest BCUT2D eigenvalue weighted by Crippen LogP contribution is 2.41. The molecular formula is C18H17BrClFN4O. The van der Waals surface area contributed by atoms with Crippen molar-refractivity contribution >= 4 is 38.9 Å². The number of halogens is 3. The molecule has 4 rings (SSSR count). The average molecular weight is 440 g/mol. The lowest BCUT2D eigenvalue weighted by molar-refractivity contribution is 0.495. The molecule has 0 saturated carbocycles. The van der Waals surface area contributed by atoms with Gasteiger partial charge in [0.25, 0.3) is 0 Å². The first-order chi connectivity index (χ1) is 12.5. The van der Waals surface area contributed by atoms with Crippen LogP contribution in [0.3, 0.4) is 0 Å². The van der Waals surface area contributed by atoms with E-state index in [-0.39, 0.29) is 17.0 Å². The fourth-order valence-electron chi connectivity index (χ4n) is 3.52. The predicted octanol–water partition coefficient (Wildman–Crippen LogP) is 5.78. The van der Waals surface area contributed by atoms with Crippen LogP contribution in [-0.4, -0.2) is 14.6 Å². The van der Waals surface area contributed by atoms with Gasteiger partial charge in [-0.2, -0.15) is 4.98 Å². The molecule has 0 fully saturated rings. The molecule has 5 nitrogen and oxygen atoms in total. The Bertz CT molecular complexity index is 983. The summed E-state index contributed by atoms with van der Waals surface area (Å²) in [5.74, 6) is 1.65. The molecule has 3 heterocycles. The fourth-order valence-corrected chi connectivity index (χ4v) is 4.56. The van der Waals surface area contributed by atoms with Crippen molar-refractivity contribution in [2.45, 2.75) is 38.6 Å². The monoisotopic (exact) mass is 438 g/mol. The van der Waals surface area contributed by atoms with E-state index >= 15 is 0 Å². The molecule has 0 bridgehead atoms. The lowest BCUT2D eigenvalue weighted by Gasteiger charge is -2.19. The zero-order valence-corrected chi connectivity index (χ0v) is 16.4. The molecule has 0 radical (unpaired) electrons. The number of anilines is 1. The van der Waals surface area contributed by atoms with Gasteiger partial charge in [0.15, 0.2) is 5.82 Å². The molecule has 136 valence electrons. The smallest absolute Gasteiger partial charge is 0.243 e. The molecule has 3 aromatic heterocycles. The number of hydrogen-bond acceptors (Lipinski definition) is 4. The number of hydrogen-bond donors (Lipinski definition) is 1. The number of nitrogens with zero attached hydrogens (tertiary/aromatic N) is 3. The molecule has 3 aromatic rings. The number of rotatable bonds is 4. The van der Waals surface area contributed by atoms with E-state index in [4.69, 9.17) is 16.0 Å². The average Bonchev–Trinajstić information content (AvgIpc) is 3.22. The van der Waals surface area contributed by atoms with Crippen LogP contribution in [0.2, 0.25) is 5.28 Å². The van der Waals surface area contributed by atoms with Crippen molar-refractivity contribution < 1.29 is 8.81 Å². The number of furan rings is 1. The molecule has 1 N–H and O–H groups in total. The first kappa shape index (κ1) is 17.5. The Morgan fingerprint density at radius 1 is 1.50 bits per heavy atom. The highest BCUT2D eigenvalue weighted by molar-refractivity contribution is 9.10. The third kappa shape index (κ3) is 3.14. The van der Waals surface area contributed by atoms with Gasteiger partial charge in [0.1, 0.15) is 15.9 Å². The van der Waals surface area contributed by atoms with E-state index < -0.39 is 0 Å². The maximum atomic E-state index is 13.4. The van der Waals surface area contributed by atoms with Crippen LogP contribution >= 0.6 is 27.5 Å². The summed E-state index contributed by atoms with van der Waals surface area (Å²) in [6.45, 7) is 2.53. The topological polar surface area (TPSA) is 55.4 Å². The normalized spacial score (nSPS) is 17.5. The van der Waals surface area contributed by atoms with Crippen LogP contribution in [0.4, 0.5) is 10.2 Å². The van der Waals surface area contributed by atoms with Crippen molar-refractivity contribution in [3.63, 3.8) is 0 Å². The summed E-state index contributed by atoms with van der Waals surface area (Å²) >= 11 is 9.80. The minimum absolute atomic E-state index is 0.0255. The Hall–Kier alpha value is -1.86. The van der Waals surface area contributed by atoms with Crippen LogP contribution in [-0.2, 0) is 6.54 Å². The molecule has 1 aliphatic carbocycles. The van der Waals surface area contributed by atoms with Crippen molar-refractivity contribution in [2.75, 3.05) is 5.32 Å². The molecule has 8 heteroatoms. The predicted molar refractivity (Wildman–Crippen MR) is 102 cm³/mol. The van der Waals surface area contributed by atoms with E-state index in [1.165, 1.54) is 0 Å². The van der Waals surface area contributed by atoms with Crippen molar-refractivity contribution in [1.29, 1.82) is 0 Å². The van der Waals surface area contributed by atoms with Crippen molar-refractivity contribution in [1.82, 2.24) is 14.6 Å². The maximum absolute atomic E-state index is 13.4. The van der Waals surface area contributed by atoms with E-state index in [1.54, 1.807) is 16.9 Å². The van der Waals surface area contributed by atoms with Crippen LogP contribution in [0, 0.1) is 6.92 Å². The summed E-state index contributed by atoms with van der Waals surface area (Å²) in [5, 5.41) is 7.77. The lowest BCUT2D eigenvalue weighted by atomic mass is 9.87. The molecule has 0 aliphatic heterocycles. The minimum atomic E-state index is -0.0255. The van der Waals surface area contributed by atoms with Gasteiger partial charge < -0.3 is 9.73 Å². The van der Waals surface area contributed by atoms with E-state index in [9.17, 15) is 4.39 Å². The number of fused-ring (bicyclic) bond motifs is 1. The minimum Gasteiger partial charge on any atom is -0.467 e. The zero-order valence-electron chi connectivity index (χ0n) is 14.1. The lowest BCUT2D eigenvalue weighted by Crippen LogP contribution is -2.05. The largest absolute Gasteiger partial charge is 0.467 e. The Balaban J connectivity index is 1.77. The molecule has 0 aromatic carbocycles. The quantitative estimate of drug-likeness (QED) is 0.560. The Kier molecular flexibility index (Phi) is 4.75. The third-order valence-corrected chi connectivity index (χ3v) is 5.69. The standard InChI is InChI=1S/C18H17BrClFN4O/c1-10-14(11-4-6-12(21)7-5-11)16(19)25-15(10)17(23-18(20)24-25)22-9-13-3-2-8-26-13/h2-3,6,8,11H,4-5,7,9H2,1H3,(H,22,23,24). The van der Waals surface area contributed by atoms with Crippen molar-refractivity contribution in [2.24, 2.45) is 0 Å². The second-order valence-corrected chi connectivity index (χ2v) is 7.46. The Labute approximate surface area is 163 Å². The molecule has 26 heavy (non-hydrogen) atoms. The summed E-state index contributed by atoms with van der Waals surface area (Å²) in [4.78, 5) is 4.36. The van der Waals surface area contributed by atoms with E-state index in [2.05, 4.69) is 31.3 Å². The fraction of sp³-hybridized carbons (Fsp3) is 0.333. The maximum Gasteiger partial charge on any atom is 0.243 e. The third-order valence-electron chi connectivity index (χ3n) is 4.76. The van der Waals surface area contributed by atoms with Gasteiger partial charge in [0.2, 0.25) is 5.28 Å². The molecule has 1 atom stereocenters. The van der Waals surface area contributed by atoms with Crippen LogP contribution in [0.5, 0.6) is 0 Å². The zero-order chi connectivity index (χ0) is 18.3. The van der Waals surface area contributed by atoms with Gasteiger partial charge in [-0.3, -0.25) is 0 Å². The summed E-state index contributed by atoms with van der Waals surface area (Å²) < 4.78 is 21.4. The van der Waals surface area contributed by atoms with Crippen LogP contribution < -0.4 is 5.32 Å². The first-order valence-corrected chi connectivity index (χ1v) is 9.56. The second kappa shape index (κ2) is 7.04. The first-order valence-electron chi connectivity index (χ1n) is 8.39. The number of nitrogens with one attached hydrogen (secondary N) is 1. The molecule has 0 spiro atoms. The second-order valence-electron chi connectivity index (χ2n) is 6.37. The van der Waals surface area contributed by atoms with E-state index in [0.717, 1.165) is 33.4 Å². The highest BCUT2D eigenvalue weighted by atomic mass is 79.9. The van der Waals surface area contributed by atoms with Crippen LogP contribution in [0.25, 0.3) is 5.52 Å². The Morgan fingerprint density at radius 3 is 3.04 bits per heavy atom. The van der Waals surface area contributed by atoms with Gasteiger partial charge in [-0.15, -0.1) is 5.10 Å². The molecule has 0 amide bonds. The molecule has 1 unspecified atom stereocenters. The summed E-state index contributed by atoms with van der Waals surface area (Å²) in [6.07, 6.45) is 5.23. The van der Waals surface area contributed by atoms with E-state index in [0.29, 0.717) is 25.2 Å². The van der Waals surface area contributed by atoms with E-state index in [1.807, 2.05) is 19.1 Å². The summed E-state index contributed by atoms with van der Waals surface area (Å²) in [6, 6.07) is 3.73. The number of allylic oxidation sites excluding steroid dienone is 2. The van der Waals surface area contributed by atoms with Crippen LogP contribution in [0.15, 0.2) is 39.3 Å². The van der Waals surface area contributed by atoms with Gasteiger partial charge in [-0.1, -0.05) is 6.08 Å². The van der Waals surface area contributed by atoms with Gasteiger partial charge in [0, 0.05) is 0 Å². The van der Waals surface area contributed by atoms with Gasteiger partial charge in [-0.25, -0.2) is 8.91 Å². The summed E-state index contributed by atoms with van der Waals surface area (Å²) in [5.41, 5.74) is 3.06. The molecule has 0 saturated heterocycles. The Morgan fingerprint density at radius 2 is 2.35 bits per heavy atom. The van der Waals surface area contributed by atoms with Gasteiger partial charge in [0.05, 0.1) is 18.6 Å². The molecular weight excluding hydrogens is 423 g/mol. The number of aryl methyl sites for hydroxylation is 1. The van der Waals surface area contributed by atoms with Crippen LogP contribution in [0.1, 0.15) is 42.1 Å². The SMILES string of the molecule is Cc1c(C2CC=C(F)CC2)c(Br)n2nc(Cl)nc(NCc3ccco3)c12. The highest BCUT2D eigenvalue weighted by Gasteiger charge is 2.26.